The van der Waals surface area contributed by atoms with Gasteiger partial charge in [0.15, 0.2) is 0 Å². The maximum absolute atomic E-state index is 6.05. The number of nitrogen functional groups attached to an aromatic ring is 1. The molecule has 2 aromatic rings. The number of nitrogens with zero attached hydrogens (tertiary/aromatic N) is 1. The summed E-state index contributed by atoms with van der Waals surface area (Å²) in [5, 5.41) is 0.567. The fourth-order valence-electron chi connectivity index (χ4n) is 1.27. The molecule has 0 unspecified atom stereocenters. The molecule has 0 aliphatic carbocycles. The number of halogens is 2. The fraction of sp³-hybridized carbons (Fsp3) is 0. The van der Waals surface area contributed by atoms with E-state index in [0.717, 1.165) is 15.7 Å². The number of hydrogen-bond donors (Lipinski definition) is 1. The molecule has 2 N–H and O–H groups in total. The van der Waals surface area contributed by atoms with Crippen LogP contribution in [0.3, 0.4) is 0 Å². The average molecular weight is 284 g/mol. The lowest BCUT2D eigenvalue weighted by atomic mass is 10.1. The zero-order valence-corrected chi connectivity index (χ0v) is 10.1. The molecular formula is C11H8BrClN2. The van der Waals surface area contributed by atoms with Crippen molar-refractivity contribution in [1.29, 1.82) is 0 Å². The van der Waals surface area contributed by atoms with Crippen LogP contribution in [0.4, 0.5) is 5.69 Å². The van der Waals surface area contributed by atoms with Gasteiger partial charge in [-0.3, -0.25) is 4.98 Å². The van der Waals surface area contributed by atoms with Crippen LogP contribution in [0, 0.1) is 0 Å². The monoisotopic (exact) mass is 282 g/mol. The molecule has 0 bridgehead atoms. The number of nitrogens with two attached hydrogens (primary N) is 1. The van der Waals surface area contributed by atoms with Crippen molar-refractivity contribution < 1.29 is 0 Å². The Hall–Kier alpha value is -1.06. The van der Waals surface area contributed by atoms with Gasteiger partial charge in [-0.15, -0.1) is 0 Å². The largest absolute Gasteiger partial charge is 0.397 e. The van der Waals surface area contributed by atoms with E-state index >= 15 is 0 Å². The third kappa shape index (κ3) is 2.30. The van der Waals surface area contributed by atoms with Crippen LogP contribution in [-0.2, 0) is 0 Å². The fourth-order valence-corrected chi connectivity index (χ4v) is 1.82. The molecule has 0 aliphatic rings. The van der Waals surface area contributed by atoms with Crippen LogP contribution in [0.25, 0.3) is 11.3 Å². The first-order valence-electron chi connectivity index (χ1n) is 4.34. The van der Waals surface area contributed by atoms with Gasteiger partial charge in [-0.05, 0) is 18.2 Å². The summed E-state index contributed by atoms with van der Waals surface area (Å²) in [4.78, 5) is 4.21. The van der Waals surface area contributed by atoms with Gasteiger partial charge in [-0.25, -0.2) is 0 Å². The predicted octanol–water partition coefficient (Wildman–Crippen LogP) is 3.75. The van der Waals surface area contributed by atoms with Crippen molar-refractivity contribution in [3.63, 3.8) is 0 Å². The molecule has 0 spiro atoms. The number of aromatic nitrogens is 1. The van der Waals surface area contributed by atoms with E-state index in [0.29, 0.717) is 10.7 Å². The highest BCUT2D eigenvalue weighted by molar-refractivity contribution is 9.10. The van der Waals surface area contributed by atoms with E-state index in [1.54, 1.807) is 12.3 Å². The molecule has 2 rings (SSSR count). The Kier molecular flexibility index (Phi) is 2.93. The number of hydrogen-bond acceptors (Lipinski definition) is 2. The average Bonchev–Trinajstić information content (AvgIpc) is 2.20. The van der Waals surface area contributed by atoms with Crippen LogP contribution in [0.2, 0.25) is 5.02 Å². The van der Waals surface area contributed by atoms with Gasteiger partial charge in [0.05, 0.1) is 22.6 Å². The second-order valence-corrected chi connectivity index (χ2v) is 4.43. The maximum atomic E-state index is 6.05. The highest BCUT2D eigenvalue weighted by atomic mass is 79.9. The summed E-state index contributed by atoms with van der Waals surface area (Å²) in [5.41, 5.74) is 7.87. The minimum absolute atomic E-state index is 0.567. The Labute approximate surface area is 101 Å². The van der Waals surface area contributed by atoms with Crippen LogP contribution < -0.4 is 5.73 Å². The van der Waals surface area contributed by atoms with Crippen molar-refractivity contribution in [1.82, 2.24) is 4.98 Å². The van der Waals surface area contributed by atoms with Crippen molar-refractivity contribution in [3.8, 4) is 11.3 Å². The normalized spacial score (nSPS) is 10.3. The molecule has 0 saturated heterocycles. The van der Waals surface area contributed by atoms with Crippen LogP contribution >= 0.6 is 27.5 Å². The minimum atomic E-state index is 0.567. The van der Waals surface area contributed by atoms with Crippen molar-refractivity contribution in [2.45, 2.75) is 0 Å². The van der Waals surface area contributed by atoms with Gasteiger partial charge < -0.3 is 5.73 Å². The van der Waals surface area contributed by atoms with Crippen LogP contribution in [-0.4, -0.2) is 4.98 Å². The summed E-state index contributed by atoms with van der Waals surface area (Å²) in [5.74, 6) is 0. The molecule has 1 heterocycles. The van der Waals surface area contributed by atoms with E-state index in [4.69, 9.17) is 17.3 Å². The molecule has 0 fully saturated rings. The molecule has 0 saturated carbocycles. The Bertz CT molecular complexity index is 482. The number of rotatable bonds is 1. The van der Waals surface area contributed by atoms with Gasteiger partial charge >= 0.3 is 0 Å². The summed E-state index contributed by atoms with van der Waals surface area (Å²) in [6.45, 7) is 0. The zero-order valence-electron chi connectivity index (χ0n) is 7.74. The predicted molar refractivity (Wildman–Crippen MR) is 66.8 cm³/mol. The Morgan fingerprint density at radius 3 is 2.47 bits per heavy atom. The Morgan fingerprint density at radius 1 is 1.20 bits per heavy atom. The van der Waals surface area contributed by atoms with E-state index < -0.39 is 0 Å². The third-order valence-electron chi connectivity index (χ3n) is 1.98. The number of anilines is 1. The standard InChI is InChI=1S/C11H8BrClN2/c12-8-3-1-7(2-4-8)11-10(13)5-9(14)6-15-11/h1-6H,14H2. The zero-order chi connectivity index (χ0) is 10.8. The first-order chi connectivity index (χ1) is 7.16. The molecule has 1 aromatic carbocycles. The van der Waals surface area contributed by atoms with Crippen molar-refractivity contribution >= 4 is 33.2 Å². The highest BCUT2D eigenvalue weighted by Crippen LogP contribution is 2.27. The van der Waals surface area contributed by atoms with Crippen molar-refractivity contribution in [2.75, 3.05) is 5.73 Å². The summed E-state index contributed by atoms with van der Waals surface area (Å²) >= 11 is 9.42. The van der Waals surface area contributed by atoms with Gasteiger partial charge in [0.1, 0.15) is 0 Å². The number of benzene rings is 1. The van der Waals surface area contributed by atoms with Gasteiger partial charge in [-0.2, -0.15) is 0 Å². The Morgan fingerprint density at radius 2 is 1.87 bits per heavy atom. The molecule has 0 radical (unpaired) electrons. The molecular weight excluding hydrogens is 275 g/mol. The van der Waals surface area contributed by atoms with E-state index in [9.17, 15) is 0 Å². The quantitative estimate of drug-likeness (QED) is 0.866. The van der Waals surface area contributed by atoms with Crippen molar-refractivity contribution in [2.24, 2.45) is 0 Å². The molecule has 0 amide bonds. The van der Waals surface area contributed by atoms with Gasteiger partial charge in [0.25, 0.3) is 0 Å². The third-order valence-corrected chi connectivity index (χ3v) is 2.80. The van der Waals surface area contributed by atoms with E-state index in [1.165, 1.54) is 0 Å². The second-order valence-electron chi connectivity index (χ2n) is 3.11. The summed E-state index contributed by atoms with van der Waals surface area (Å²) in [6, 6.07) is 9.50. The highest BCUT2D eigenvalue weighted by Gasteiger charge is 2.04. The Balaban J connectivity index is 2.49. The first-order valence-corrected chi connectivity index (χ1v) is 5.51. The van der Waals surface area contributed by atoms with E-state index in [1.807, 2.05) is 24.3 Å². The lowest BCUT2D eigenvalue weighted by Gasteiger charge is -2.04. The van der Waals surface area contributed by atoms with E-state index in [2.05, 4.69) is 20.9 Å². The molecule has 4 heteroatoms. The van der Waals surface area contributed by atoms with Gasteiger partial charge in [-0.1, -0.05) is 39.7 Å². The molecule has 2 nitrogen and oxygen atoms in total. The summed E-state index contributed by atoms with van der Waals surface area (Å²) < 4.78 is 1.03. The SMILES string of the molecule is Nc1cnc(-c2ccc(Br)cc2)c(Cl)c1. The number of pyridine rings is 1. The van der Waals surface area contributed by atoms with Crippen LogP contribution in [0.15, 0.2) is 41.0 Å². The molecule has 1 aromatic heterocycles. The van der Waals surface area contributed by atoms with Crippen LogP contribution in [0.1, 0.15) is 0 Å². The van der Waals surface area contributed by atoms with Crippen molar-refractivity contribution in [3.05, 3.63) is 46.0 Å². The second kappa shape index (κ2) is 4.21. The van der Waals surface area contributed by atoms with Gasteiger partial charge in [0.2, 0.25) is 0 Å². The molecule has 0 aliphatic heterocycles. The topological polar surface area (TPSA) is 38.9 Å². The molecule has 15 heavy (non-hydrogen) atoms. The lowest BCUT2D eigenvalue weighted by Crippen LogP contribution is -1.89. The first kappa shape index (κ1) is 10.5. The maximum Gasteiger partial charge on any atom is 0.0889 e. The van der Waals surface area contributed by atoms with Gasteiger partial charge in [0, 0.05) is 10.0 Å². The smallest absolute Gasteiger partial charge is 0.0889 e. The molecule has 76 valence electrons. The summed E-state index contributed by atoms with van der Waals surface area (Å²) in [7, 11) is 0. The minimum Gasteiger partial charge on any atom is -0.397 e. The van der Waals surface area contributed by atoms with Crippen LogP contribution in [0.5, 0.6) is 0 Å². The lowest BCUT2D eigenvalue weighted by molar-refractivity contribution is 1.33. The summed E-state index contributed by atoms with van der Waals surface area (Å²) in [6.07, 6.45) is 1.60. The molecule has 0 atom stereocenters. The van der Waals surface area contributed by atoms with E-state index in [-0.39, 0.29) is 0 Å².